The molecule has 10 N–H and O–H groups in total. The van der Waals surface area contributed by atoms with Crippen LogP contribution in [-0.4, -0.2) is 94.9 Å². The topological polar surface area (TPSA) is 288 Å². The van der Waals surface area contributed by atoms with E-state index in [9.17, 15) is 46.2 Å². The van der Waals surface area contributed by atoms with Crippen molar-refractivity contribution < 1.29 is 46.2 Å². The molecule has 4 heterocycles. The Bertz CT molecular complexity index is 3770. The van der Waals surface area contributed by atoms with Gasteiger partial charge in [-0.15, -0.1) is 0 Å². The SMILES string of the molecule is Cc1ccc(S(=O)(=O)NC(Cc2c[nH]c3ccccc23)C(=O)NC(Cc2c[nH]c3ccccc23)C(=O)O)cc1.Cc1ccc(S(=O)(=O)NC(Cc2c[nH]c3ccccc23)C(=O)NC(Cc2c[nH]c3ccccc23)C(=O)O)cc1. The van der Waals surface area contributed by atoms with Crippen LogP contribution in [0.25, 0.3) is 43.6 Å². The van der Waals surface area contributed by atoms with Crippen molar-refractivity contribution in [3.8, 4) is 0 Å². The Kier molecular flexibility index (Phi) is 16.1. The molecule has 400 valence electrons. The number of aromatic amines is 4. The number of benzene rings is 6. The molecule has 4 unspecified atom stereocenters. The summed E-state index contributed by atoms with van der Waals surface area (Å²) >= 11 is 0. The van der Waals surface area contributed by atoms with Crippen molar-refractivity contribution in [3.63, 3.8) is 0 Å². The van der Waals surface area contributed by atoms with E-state index in [0.717, 1.165) is 77.0 Å². The lowest BCUT2D eigenvalue weighted by Crippen LogP contribution is -2.53. The molecule has 0 bridgehead atoms. The van der Waals surface area contributed by atoms with E-state index in [4.69, 9.17) is 0 Å². The van der Waals surface area contributed by atoms with E-state index in [-0.39, 0.29) is 35.5 Å². The molecule has 0 aliphatic carbocycles. The maximum atomic E-state index is 13.6. The summed E-state index contributed by atoms with van der Waals surface area (Å²) in [6, 6.07) is 37.4. The summed E-state index contributed by atoms with van der Waals surface area (Å²) in [6.45, 7) is 3.69. The summed E-state index contributed by atoms with van der Waals surface area (Å²) in [6.07, 6.45) is 6.97. The second-order valence-electron chi connectivity index (χ2n) is 19.0. The number of carbonyl (C=O) groups is 4. The third-order valence-electron chi connectivity index (χ3n) is 13.5. The van der Waals surface area contributed by atoms with Crippen LogP contribution < -0.4 is 20.1 Å². The van der Waals surface area contributed by atoms with Crippen molar-refractivity contribution in [2.75, 3.05) is 0 Å². The summed E-state index contributed by atoms with van der Waals surface area (Å²) in [5.74, 6) is -3.91. The number of aliphatic carboxylic acids is 2. The van der Waals surface area contributed by atoms with E-state index in [2.05, 4.69) is 40.0 Å². The zero-order valence-corrected chi connectivity index (χ0v) is 43.9. The predicted octanol–water partition coefficient (Wildman–Crippen LogP) is 7.32. The van der Waals surface area contributed by atoms with E-state index in [1.807, 2.05) is 111 Å². The summed E-state index contributed by atoms with van der Waals surface area (Å²) in [5.41, 5.74) is 8.08. The molecule has 10 aromatic rings. The fourth-order valence-electron chi connectivity index (χ4n) is 9.35. The van der Waals surface area contributed by atoms with Gasteiger partial charge in [-0.2, -0.15) is 9.44 Å². The van der Waals surface area contributed by atoms with Crippen LogP contribution in [-0.2, 0) is 64.9 Å². The lowest BCUT2D eigenvalue weighted by molar-refractivity contribution is -0.142. The van der Waals surface area contributed by atoms with Crippen LogP contribution >= 0.6 is 0 Å². The van der Waals surface area contributed by atoms with Crippen LogP contribution in [0.3, 0.4) is 0 Å². The Labute approximate surface area is 448 Å². The monoisotopic (exact) mass is 1090 g/mol. The molecule has 4 atom stereocenters. The Morgan fingerprint density at radius 1 is 0.397 bits per heavy atom. The number of sulfonamides is 2. The Morgan fingerprint density at radius 3 is 0.923 bits per heavy atom. The third-order valence-corrected chi connectivity index (χ3v) is 16.5. The molecule has 2 amide bonds. The van der Waals surface area contributed by atoms with Crippen molar-refractivity contribution in [1.82, 2.24) is 40.0 Å². The number of aryl methyl sites for hydroxylation is 2. The van der Waals surface area contributed by atoms with Gasteiger partial charge in [-0.1, -0.05) is 108 Å². The lowest BCUT2D eigenvalue weighted by Gasteiger charge is -2.21. The van der Waals surface area contributed by atoms with E-state index in [1.54, 1.807) is 49.1 Å². The van der Waals surface area contributed by atoms with Crippen molar-refractivity contribution >= 4 is 87.4 Å². The van der Waals surface area contributed by atoms with Gasteiger partial charge in [0, 0.05) is 81.2 Å². The maximum absolute atomic E-state index is 13.6. The van der Waals surface area contributed by atoms with E-state index >= 15 is 0 Å². The molecule has 0 spiro atoms. The first-order valence-corrected chi connectivity index (χ1v) is 27.8. The molecule has 10 rings (SSSR count). The fourth-order valence-corrected chi connectivity index (χ4v) is 11.7. The van der Waals surface area contributed by atoms with E-state index < -0.39 is 68.0 Å². The number of rotatable bonds is 20. The standard InChI is InChI=1S/2C29H28N4O5S/c2*1-18-10-12-21(13-11-18)39(37,38)33-26(14-19-16-30-24-8-4-2-6-22(19)24)28(34)32-27(29(35)36)15-20-17-31-25-9-5-3-7-23(20)25/h2*2-13,16-17,26-27,30-31,33H,14-15H2,1H3,(H,32,34)(H,35,36). The highest BCUT2D eigenvalue weighted by molar-refractivity contribution is 7.89. The first kappa shape index (κ1) is 54.0. The number of carboxylic acid groups (broad SMARTS) is 2. The number of hydrogen-bond acceptors (Lipinski definition) is 8. The average molecular weight is 1090 g/mol. The van der Waals surface area contributed by atoms with Crippen molar-refractivity contribution in [2.45, 2.75) is 73.5 Å². The molecule has 0 radical (unpaired) electrons. The average Bonchev–Trinajstić information content (AvgIpc) is 4.25. The summed E-state index contributed by atoms with van der Waals surface area (Å²) in [5, 5.41) is 28.4. The van der Waals surface area contributed by atoms with Gasteiger partial charge in [0.15, 0.2) is 0 Å². The van der Waals surface area contributed by atoms with Gasteiger partial charge in [0.25, 0.3) is 0 Å². The van der Waals surface area contributed by atoms with Gasteiger partial charge in [0.2, 0.25) is 31.9 Å². The quantitative estimate of drug-likeness (QED) is 0.0363. The van der Waals surface area contributed by atoms with Crippen LogP contribution in [0.5, 0.6) is 0 Å². The van der Waals surface area contributed by atoms with Crippen LogP contribution in [0.4, 0.5) is 0 Å². The smallest absolute Gasteiger partial charge is 0.326 e. The second kappa shape index (κ2) is 23.2. The van der Waals surface area contributed by atoms with Crippen LogP contribution in [0.2, 0.25) is 0 Å². The van der Waals surface area contributed by atoms with Gasteiger partial charge in [-0.05, 0) is 97.5 Å². The van der Waals surface area contributed by atoms with E-state index in [0.29, 0.717) is 0 Å². The molecule has 18 nitrogen and oxygen atoms in total. The minimum absolute atomic E-state index is 0.0124. The molecule has 20 heteroatoms. The Balaban J connectivity index is 0.000000190. The highest BCUT2D eigenvalue weighted by Crippen LogP contribution is 2.25. The minimum atomic E-state index is -4.09. The van der Waals surface area contributed by atoms with Crippen LogP contribution in [0.15, 0.2) is 180 Å². The van der Waals surface area contributed by atoms with Gasteiger partial charge >= 0.3 is 11.9 Å². The fraction of sp³-hybridized carbons (Fsp3) is 0.172. The highest BCUT2D eigenvalue weighted by Gasteiger charge is 2.33. The second-order valence-corrected chi connectivity index (χ2v) is 22.5. The Morgan fingerprint density at radius 2 is 0.654 bits per heavy atom. The van der Waals surface area contributed by atoms with Gasteiger partial charge in [0.1, 0.15) is 24.2 Å². The predicted molar refractivity (Wildman–Crippen MR) is 298 cm³/mol. The summed E-state index contributed by atoms with van der Waals surface area (Å²) in [4.78, 5) is 64.0. The molecular formula is C58H56N8O10S2. The largest absolute Gasteiger partial charge is 0.480 e. The third kappa shape index (κ3) is 12.5. The maximum Gasteiger partial charge on any atom is 0.326 e. The van der Waals surface area contributed by atoms with Gasteiger partial charge < -0.3 is 40.8 Å². The number of nitrogens with one attached hydrogen (secondary N) is 8. The van der Waals surface area contributed by atoms with Gasteiger partial charge in [-0.25, -0.2) is 26.4 Å². The molecule has 0 aliphatic rings. The minimum Gasteiger partial charge on any atom is -0.480 e. The van der Waals surface area contributed by atoms with Crippen LogP contribution in [0, 0.1) is 13.8 Å². The number of amides is 2. The summed E-state index contributed by atoms with van der Waals surface area (Å²) < 4.78 is 58.0. The molecule has 0 saturated carbocycles. The number of hydrogen-bond donors (Lipinski definition) is 10. The number of fused-ring (bicyclic) bond motifs is 4. The van der Waals surface area contributed by atoms with Gasteiger partial charge in [0.05, 0.1) is 9.79 Å². The molecule has 78 heavy (non-hydrogen) atoms. The highest BCUT2D eigenvalue weighted by atomic mass is 32.2. The normalized spacial score (nSPS) is 13.4. The van der Waals surface area contributed by atoms with Crippen molar-refractivity contribution in [2.24, 2.45) is 0 Å². The van der Waals surface area contributed by atoms with E-state index in [1.165, 1.54) is 24.3 Å². The molecule has 0 saturated heterocycles. The molecule has 0 aliphatic heterocycles. The van der Waals surface area contributed by atoms with Crippen molar-refractivity contribution in [3.05, 3.63) is 204 Å². The first-order chi connectivity index (χ1) is 37.4. The van der Waals surface area contributed by atoms with Crippen LogP contribution in [0.1, 0.15) is 33.4 Å². The zero-order valence-electron chi connectivity index (χ0n) is 42.3. The molecular weight excluding hydrogens is 1030 g/mol. The number of aromatic nitrogens is 4. The molecule has 0 fully saturated rings. The lowest BCUT2D eigenvalue weighted by atomic mass is 10.0. The zero-order chi connectivity index (χ0) is 55.1. The number of para-hydroxylation sites is 4. The van der Waals surface area contributed by atoms with Gasteiger partial charge in [-0.3, -0.25) is 9.59 Å². The van der Waals surface area contributed by atoms with Crippen molar-refractivity contribution in [1.29, 1.82) is 0 Å². The first-order valence-electron chi connectivity index (χ1n) is 24.9. The number of carbonyl (C=O) groups excluding carboxylic acids is 2. The number of H-pyrrole nitrogens is 4. The molecule has 4 aromatic heterocycles. The molecule has 6 aromatic carbocycles. The number of carboxylic acids is 2. The summed E-state index contributed by atoms with van der Waals surface area (Å²) in [7, 11) is -8.17. The Hall–Kier alpha value is -8.82.